The van der Waals surface area contributed by atoms with Crippen molar-refractivity contribution in [3.63, 3.8) is 0 Å². The summed E-state index contributed by atoms with van der Waals surface area (Å²) >= 11 is 0. The Balaban J connectivity index is 1.19. The number of benzene rings is 1. The summed E-state index contributed by atoms with van der Waals surface area (Å²) in [6.45, 7) is 9.35. The highest BCUT2D eigenvalue weighted by molar-refractivity contribution is 5.92. The normalized spacial score (nSPS) is 18.3. The highest BCUT2D eigenvalue weighted by atomic mass is 16.7. The highest BCUT2D eigenvalue weighted by Crippen LogP contribution is 2.35. The lowest BCUT2D eigenvalue weighted by Gasteiger charge is -2.34. The van der Waals surface area contributed by atoms with Crippen molar-refractivity contribution < 1.29 is 19.1 Å². The molecule has 2 fully saturated rings. The van der Waals surface area contributed by atoms with Crippen LogP contribution in [0.3, 0.4) is 0 Å². The maximum atomic E-state index is 12.8. The van der Waals surface area contributed by atoms with E-state index in [2.05, 4.69) is 29.4 Å². The standard InChI is InChI=1S/C26H32N4O4/c1-19-15-21(20(2)30(19)22-6-7-23-24(16-22)34-18-33-23)5-8-25(31)29-13-11-27(12-14-29)17-26(32)28-9-3-4-10-28/h5-8,15-16H,3-4,9-14,17-18H2,1-2H3/b8-5+. The molecule has 0 N–H and O–H groups in total. The second kappa shape index (κ2) is 9.54. The van der Waals surface area contributed by atoms with Gasteiger partial charge in [0.25, 0.3) is 0 Å². The predicted molar refractivity (Wildman–Crippen MR) is 129 cm³/mol. The van der Waals surface area contributed by atoms with Crippen molar-refractivity contribution in [1.82, 2.24) is 19.3 Å². The minimum Gasteiger partial charge on any atom is -0.454 e. The van der Waals surface area contributed by atoms with Crippen LogP contribution in [0.5, 0.6) is 11.5 Å². The van der Waals surface area contributed by atoms with E-state index in [0.717, 1.165) is 73.2 Å². The predicted octanol–water partition coefficient (Wildman–Crippen LogP) is 2.60. The summed E-state index contributed by atoms with van der Waals surface area (Å²) < 4.78 is 13.1. The molecule has 180 valence electrons. The minimum absolute atomic E-state index is 0.0124. The van der Waals surface area contributed by atoms with Crippen LogP contribution in [0.25, 0.3) is 11.8 Å². The van der Waals surface area contributed by atoms with Crippen LogP contribution in [-0.4, -0.2) is 83.7 Å². The molecule has 8 heteroatoms. The lowest BCUT2D eigenvalue weighted by Crippen LogP contribution is -2.51. The van der Waals surface area contributed by atoms with E-state index < -0.39 is 0 Å². The quantitative estimate of drug-likeness (QED) is 0.637. The lowest BCUT2D eigenvalue weighted by atomic mass is 10.2. The molecule has 34 heavy (non-hydrogen) atoms. The number of carbonyl (C=O) groups is 2. The number of fused-ring (bicyclic) bond motifs is 1. The van der Waals surface area contributed by atoms with E-state index in [1.165, 1.54) is 0 Å². The summed E-state index contributed by atoms with van der Waals surface area (Å²) in [5.74, 6) is 1.74. The van der Waals surface area contributed by atoms with Crippen LogP contribution in [0.1, 0.15) is 29.8 Å². The van der Waals surface area contributed by atoms with Gasteiger partial charge in [-0.1, -0.05) is 0 Å². The molecular formula is C26H32N4O4. The van der Waals surface area contributed by atoms with Crippen LogP contribution >= 0.6 is 0 Å². The number of nitrogens with zero attached hydrogens (tertiary/aromatic N) is 4. The summed E-state index contributed by atoms with van der Waals surface area (Å²) in [6, 6.07) is 8.01. The van der Waals surface area contributed by atoms with E-state index in [1.54, 1.807) is 6.08 Å². The number of rotatable bonds is 5. The Labute approximate surface area is 200 Å². The molecule has 1 aromatic heterocycles. The van der Waals surface area contributed by atoms with Gasteiger partial charge in [-0.2, -0.15) is 0 Å². The average Bonchev–Trinajstić information content (AvgIpc) is 3.58. The molecule has 2 saturated heterocycles. The maximum Gasteiger partial charge on any atom is 0.246 e. The SMILES string of the molecule is Cc1cc(/C=C/C(=O)N2CCN(CC(=O)N3CCCC3)CC2)c(C)n1-c1ccc2c(c1)OCO2. The number of aromatic nitrogens is 1. The molecule has 0 radical (unpaired) electrons. The number of hydrogen-bond acceptors (Lipinski definition) is 5. The van der Waals surface area contributed by atoms with Crippen LogP contribution in [0, 0.1) is 13.8 Å². The lowest BCUT2D eigenvalue weighted by molar-refractivity contribution is -0.132. The van der Waals surface area contributed by atoms with Crippen molar-refractivity contribution in [3.05, 3.63) is 47.3 Å². The minimum atomic E-state index is 0.0124. The fourth-order valence-electron chi connectivity index (χ4n) is 5.03. The molecule has 0 unspecified atom stereocenters. The molecule has 1 aromatic carbocycles. The third kappa shape index (κ3) is 4.55. The van der Waals surface area contributed by atoms with Crippen molar-refractivity contribution in [2.45, 2.75) is 26.7 Å². The van der Waals surface area contributed by atoms with Gasteiger partial charge >= 0.3 is 0 Å². The van der Waals surface area contributed by atoms with Gasteiger partial charge in [-0.3, -0.25) is 14.5 Å². The van der Waals surface area contributed by atoms with Gasteiger partial charge in [0.15, 0.2) is 11.5 Å². The van der Waals surface area contributed by atoms with Gasteiger partial charge in [-0.15, -0.1) is 0 Å². The van der Waals surface area contributed by atoms with Crippen LogP contribution in [-0.2, 0) is 9.59 Å². The first-order valence-corrected chi connectivity index (χ1v) is 12.1. The zero-order valence-corrected chi connectivity index (χ0v) is 20.0. The number of aryl methyl sites for hydroxylation is 1. The van der Waals surface area contributed by atoms with Crippen molar-refractivity contribution in [3.8, 4) is 17.2 Å². The number of ether oxygens (including phenoxy) is 2. The zero-order chi connectivity index (χ0) is 23.7. The molecule has 2 amide bonds. The molecule has 3 aliphatic heterocycles. The Morgan fingerprint density at radius 2 is 1.65 bits per heavy atom. The van der Waals surface area contributed by atoms with E-state index in [-0.39, 0.29) is 18.6 Å². The Kier molecular flexibility index (Phi) is 6.32. The van der Waals surface area contributed by atoms with Crippen LogP contribution in [0.15, 0.2) is 30.3 Å². The number of carbonyl (C=O) groups excluding carboxylic acids is 2. The highest BCUT2D eigenvalue weighted by Gasteiger charge is 2.24. The van der Waals surface area contributed by atoms with Gasteiger partial charge in [0.05, 0.1) is 6.54 Å². The summed E-state index contributed by atoms with van der Waals surface area (Å²) in [7, 11) is 0. The molecule has 0 atom stereocenters. The molecule has 0 bridgehead atoms. The van der Waals surface area contributed by atoms with Crippen molar-refractivity contribution in [1.29, 1.82) is 0 Å². The molecule has 0 saturated carbocycles. The molecule has 4 heterocycles. The van der Waals surface area contributed by atoms with Crippen molar-refractivity contribution in [2.24, 2.45) is 0 Å². The summed E-state index contributed by atoms with van der Waals surface area (Å²) in [5.41, 5.74) is 4.16. The summed E-state index contributed by atoms with van der Waals surface area (Å²) in [6.07, 6.45) is 5.78. The Morgan fingerprint density at radius 3 is 2.41 bits per heavy atom. The number of amides is 2. The Morgan fingerprint density at radius 1 is 0.912 bits per heavy atom. The molecule has 0 spiro atoms. The van der Waals surface area contributed by atoms with E-state index in [0.29, 0.717) is 19.6 Å². The smallest absolute Gasteiger partial charge is 0.246 e. The molecule has 8 nitrogen and oxygen atoms in total. The van der Waals surface area contributed by atoms with Gasteiger partial charge in [0.1, 0.15) is 0 Å². The zero-order valence-electron chi connectivity index (χ0n) is 20.0. The maximum absolute atomic E-state index is 12.8. The molecule has 2 aromatic rings. The Bertz CT molecular complexity index is 1110. The fourth-order valence-corrected chi connectivity index (χ4v) is 5.03. The topological polar surface area (TPSA) is 67.3 Å². The summed E-state index contributed by atoms with van der Waals surface area (Å²) in [5, 5.41) is 0. The molecule has 3 aliphatic rings. The fraction of sp³-hybridized carbons (Fsp3) is 0.462. The van der Waals surface area contributed by atoms with Gasteiger partial charge in [0.2, 0.25) is 18.6 Å². The van der Waals surface area contributed by atoms with E-state index in [1.807, 2.05) is 34.1 Å². The van der Waals surface area contributed by atoms with Gasteiger partial charge < -0.3 is 23.8 Å². The molecule has 5 rings (SSSR count). The van der Waals surface area contributed by atoms with Crippen LogP contribution in [0.4, 0.5) is 0 Å². The molecular weight excluding hydrogens is 432 g/mol. The Hall–Kier alpha value is -3.26. The van der Waals surface area contributed by atoms with Crippen molar-refractivity contribution >= 4 is 17.9 Å². The third-order valence-electron chi connectivity index (χ3n) is 6.99. The van der Waals surface area contributed by atoms with E-state index in [4.69, 9.17) is 9.47 Å². The number of piperazine rings is 1. The second-order valence-corrected chi connectivity index (χ2v) is 9.22. The van der Waals surface area contributed by atoms with Gasteiger partial charge in [-0.25, -0.2) is 0 Å². The van der Waals surface area contributed by atoms with Gasteiger partial charge in [0, 0.05) is 68.5 Å². The largest absolute Gasteiger partial charge is 0.454 e. The summed E-state index contributed by atoms with van der Waals surface area (Å²) in [4.78, 5) is 31.2. The van der Waals surface area contributed by atoms with Gasteiger partial charge in [-0.05, 0) is 56.5 Å². The monoisotopic (exact) mass is 464 g/mol. The number of hydrogen-bond donors (Lipinski definition) is 0. The molecule has 0 aliphatic carbocycles. The van der Waals surface area contributed by atoms with Crippen molar-refractivity contribution in [2.75, 3.05) is 52.6 Å². The second-order valence-electron chi connectivity index (χ2n) is 9.22. The average molecular weight is 465 g/mol. The first kappa shape index (κ1) is 22.5. The van der Waals surface area contributed by atoms with E-state index >= 15 is 0 Å². The van der Waals surface area contributed by atoms with E-state index in [9.17, 15) is 9.59 Å². The third-order valence-corrected chi connectivity index (χ3v) is 6.99. The first-order valence-electron chi connectivity index (χ1n) is 12.1. The number of likely N-dealkylation sites (tertiary alicyclic amines) is 1. The van der Waals surface area contributed by atoms with Crippen LogP contribution in [0.2, 0.25) is 0 Å². The first-order chi connectivity index (χ1) is 16.5. The van der Waals surface area contributed by atoms with Crippen LogP contribution < -0.4 is 9.47 Å².